The second kappa shape index (κ2) is 25.1. The Morgan fingerprint density at radius 3 is 1.21 bits per heavy atom. The van der Waals surface area contributed by atoms with Crippen molar-refractivity contribution in [3.8, 4) is 17.6 Å². The molecular formula is C68H87N15O12S3. The Kier molecular flexibility index (Phi) is 17.0. The number of urea groups is 3. The first-order valence-electron chi connectivity index (χ1n) is 34.5. The zero-order chi connectivity index (χ0) is 68.3. The number of hydrogen-bond donors (Lipinski definition) is 7. The molecule has 17 rings (SSSR count). The molecule has 6 aliphatic carbocycles. The maximum Gasteiger partial charge on any atom is 0.333 e. The van der Waals surface area contributed by atoms with E-state index in [4.69, 9.17) is 14.2 Å². The molecule has 524 valence electrons. The van der Waals surface area contributed by atoms with E-state index in [9.17, 15) is 39.6 Å². The lowest BCUT2D eigenvalue weighted by atomic mass is 9.80. The molecule has 0 unspecified atom stereocenters. The molecular weight excluding hydrogens is 1320 g/mol. The molecule has 3 aromatic heterocycles. The van der Waals surface area contributed by atoms with Crippen molar-refractivity contribution < 1.29 is 53.8 Å². The van der Waals surface area contributed by atoms with E-state index < -0.39 is 48.2 Å². The number of nitrogens with zero attached hydrogens (tertiary/aromatic N) is 8. The van der Waals surface area contributed by atoms with Crippen LogP contribution >= 0.6 is 0 Å². The summed E-state index contributed by atoms with van der Waals surface area (Å²) in [6, 6.07) is 2.31. The Bertz CT molecular complexity index is 4520. The van der Waals surface area contributed by atoms with Crippen LogP contribution in [0.5, 0.6) is 17.6 Å². The Morgan fingerprint density at radius 1 is 0.480 bits per heavy atom. The number of rotatable bonds is 12. The quantitative estimate of drug-likeness (QED) is 0.0745. The number of aromatic nitrogens is 6. The van der Waals surface area contributed by atoms with Crippen LogP contribution in [0.25, 0.3) is 0 Å². The SMILES string of the molecule is CN(C)CCc1c2c(c(NC(=O)NS(=O)(=O)c3cnn4c3OCC(C)(C)C4)c3c1CCC3)CCC2.CN1CC2(COc3c(S(=O)(=O)NC(=O)Nc4c5c(cc6c4CCC6)CCC5)cnn3C2)C1.O=C(Nc1c2c(cc3c1CCC3)CCC2)NS(=O)(=O)c1cnn2c1OCC1(CNC1)C2. The number of fused-ring (bicyclic) bond motifs is 9. The monoisotopic (exact) mass is 1400 g/mol. The highest BCUT2D eigenvalue weighted by Crippen LogP contribution is 2.45. The standard InChI is InChI=1S/C25H35N5O4S.C22H27N5O4S.C21H25N5O4S/c1-25(2)14-30-23(34-15-25)21(13-26-30)35(32,33)28-24(31)27-22-19-9-5-7-16(19)18(11-12-29(3)4)17-8-6-10-20(17)22;1-26-10-22(11-26)12-27-20(31-13-22)18(9-23-27)32(29,30)25-21(28)24-19-16-6-2-4-14(16)8-15-5-3-7-17(15)19;27-20(24-18-15-5-1-3-13(15)7-14-4-2-6-16(14)18)25-31(28,29)17-8-23-26-11-21(9-22-10-21)12-30-19(17)26/h13H,5-12,14-15H2,1-4H3,(H2,27,28,31);8-9H,2-7,10-13H2,1H3,(H2,24,25,28);7-8,22H,1-6,9-12H2,(H2,24,25,27). The largest absolute Gasteiger partial charge is 0.476 e. The lowest BCUT2D eigenvalue weighted by Crippen LogP contribution is -2.60. The van der Waals surface area contributed by atoms with Crippen molar-refractivity contribution in [2.24, 2.45) is 16.2 Å². The molecule has 2 spiro atoms. The fraction of sp³-hybridized carbons (Fsp3) is 0.559. The third-order valence-corrected chi connectivity index (χ3v) is 25.4. The van der Waals surface area contributed by atoms with Gasteiger partial charge in [-0.2, -0.15) is 15.3 Å². The summed E-state index contributed by atoms with van der Waals surface area (Å²) in [6.07, 6.45) is 22.6. The molecule has 0 atom stereocenters. The molecule has 30 heteroatoms. The number of likely N-dealkylation sites (N-methyl/N-ethyl adjacent to an activating group) is 1. The molecule has 2 fully saturated rings. The highest BCUT2D eigenvalue weighted by molar-refractivity contribution is 7.90. The van der Waals surface area contributed by atoms with E-state index in [1.807, 2.05) is 20.9 Å². The molecule has 7 N–H and O–H groups in total. The summed E-state index contributed by atoms with van der Waals surface area (Å²) in [5.74, 6) is 0.572. The number of likely N-dealkylation sites (tertiary alicyclic amines) is 1. The van der Waals surface area contributed by atoms with Crippen LogP contribution in [0, 0.1) is 16.2 Å². The number of carbonyl (C=O) groups excluding carboxylic acids is 3. The molecule has 0 bridgehead atoms. The van der Waals surface area contributed by atoms with Gasteiger partial charge in [-0.25, -0.2) is 67.8 Å². The molecule has 27 nitrogen and oxygen atoms in total. The molecule has 6 amide bonds. The van der Waals surface area contributed by atoms with Crippen LogP contribution in [0.15, 0.2) is 45.4 Å². The van der Waals surface area contributed by atoms with Gasteiger partial charge in [-0.3, -0.25) is 0 Å². The Hall–Kier alpha value is -7.77. The van der Waals surface area contributed by atoms with Crippen molar-refractivity contribution in [3.05, 3.63) is 103 Å². The van der Waals surface area contributed by atoms with Gasteiger partial charge in [0.05, 0.1) is 58.0 Å². The molecule has 0 saturated carbocycles. The zero-order valence-corrected chi connectivity index (χ0v) is 58.8. The van der Waals surface area contributed by atoms with Crippen molar-refractivity contribution in [1.29, 1.82) is 0 Å². The summed E-state index contributed by atoms with van der Waals surface area (Å²) in [5, 5.41) is 24.5. The van der Waals surface area contributed by atoms with Gasteiger partial charge in [0, 0.05) is 66.0 Å². The smallest absolute Gasteiger partial charge is 0.333 e. The van der Waals surface area contributed by atoms with Crippen LogP contribution in [0.4, 0.5) is 31.4 Å². The van der Waals surface area contributed by atoms with E-state index in [1.165, 1.54) is 68.7 Å². The number of amides is 6. The van der Waals surface area contributed by atoms with Gasteiger partial charge in [0.25, 0.3) is 30.1 Å². The summed E-state index contributed by atoms with van der Waals surface area (Å²) >= 11 is 0. The maximum atomic E-state index is 13.1. The van der Waals surface area contributed by atoms with Crippen molar-refractivity contribution in [2.75, 3.05) is 89.6 Å². The molecule has 6 aromatic rings. The van der Waals surface area contributed by atoms with Crippen LogP contribution in [0.1, 0.15) is 125 Å². The van der Waals surface area contributed by atoms with Crippen LogP contribution in [0.2, 0.25) is 0 Å². The van der Waals surface area contributed by atoms with Crippen molar-refractivity contribution in [1.82, 2.24) is 58.6 Å². The minimum atomic E-state index is -4.15. The van der Waals surface area contributed by atoms with Gasteiger partial charge in [0.1, 0.15) is 0 Å². The summed E-state index contributed by atoms with van der Waals surface area (Å²) < 4.78 is 107. The van der Waals surface area contributed by atoms with Crippen LogP contribution < -0.4 is 49.6 Å². The van der Waals surface area contributed by atoms with Crippen LogP contribution in [0.3, 0.4) is 0 Å². The Labute approximate surface area is 571 Å². The second-order valence-corrected chi connectivity index (χ2v) is 34.8. The molecule has 98 heavy (non-hydrogen) atoms. The van der Waals surface area contributed by atoms with Crippen molar-refractivity contribution >= 4 is 65.2 Å². The Balaban J connectivity index is 0.000000120. The highest BCUT2D eigenvalue weighted by Gasteiger charge is 2.48. The summed E-state index contributed by atoms with van der Waals surface area (Å²) in [5.41, 5.74) is 18.5. The number of aryl methyl sites for hydroxylation is 4. The molecule has 3 aromatic carbocycles. The number of sulfonamides is 3. The third kappa shape index (κ3) is 12.4. The van der Waals surface area contributed by atoms with E-state index >= 15 is 0 Å². The average Bonchev–Trinajstić information content (AvgIpc) is 1.73. The lowest BCUT2D eigenvalue weighted by molar-refractivity contribution is -0.0558. The van der Waals surface area contributed by atoms with E-state index in [0.717, 1.165) is 194 Å². The lowest BCUT2D eigenvalue weighted by Gasteiger charge is -2.49. The summed E-state index contributed by atoms with van der Waals surface area (Å²) in [7, 11) is -6.17. The minimum absolute atomic E-state index is 0.0202. The summed E-state index contributed by atoms with van der Waals surface area (Å²) in [4.78, 5) is 42.7. The normalized spacial score (nSPS) is 19.7. The first-order valence-corrected chi connectivity index (χ1v) is 38.9. The van der Waals surface area contributed by atoms with Gasteiger partial charge in [0.15, 0.2) is 14.7 Å². The predicted molar refractivity (Wildman–Crippen MR) is 364 cm³/mol. The highest BCUT2D eigenvalue weighted by atomic mass is 32.2. The van der Waals surface area contributed by atoms with Crippen molar-refractivity contribution in [2.45, 2.75) is 170 Å². The van der Waals surface area contributed by atoms with Gasteiger partial charge in [0.2, 0.25) is 17.6 Å². The van der Waals surface area contributed by atoms with Gasteiger partial charge in [-0.1, -0.05) is 26.0 Å². The maximum absolute atomic E-state index is 13.1. The second-order valence-electron chi connectivity index (χ2n) is 29.9. The fourth-order valence-electron chi connectivity index (χ4n) is 17.0. The number of benzene rings is 3. The first-order chi connectivity index (χ1) is 46.8. The summed E-state index contributed by atoms with van der Waals surface area (Å²) in [6.45, 7) is 11.5. The third-order valence-electron chi connectivity index (χ3n) is 21.5. The number of nitrogens with one attached hydrogen (secondary N) is 7. The van der Waals surface area contributed by atoms with Gasteiger partial charge >= 0.3 is 18.1 Å². The zero-order valence-electron chi connectivity index (χ0n) is 56.3. The molecule has 11 aliphatic rings. The van der Waals surface area contributed by atoms with Crippen molar-refractivity contribution in [3.63, 3.8) is 0 Å². The number of ether oxygens (including phenoxy) is 3. The van der Waals surface area contributed by atoms with E-state index in [-0.39, 0.29) is 48.6 Å². The topological polar surface area (TPSA) is 325 Å². The molecule has 8 heterocycles. The Morgan fingerprint density at radius 2 is 0.827 bits per heavy atom. The van der Waals surface area contributed by atoms with E-state index in [0.29, 0.717) is 39.5 Å². The number of carbonyl (C=O) groups is 3. The number of hydrogen-bond acceptors (Lipinski definition) is 18. The molecule has 5 aliphatic heterocycles. The molecule has 2 saturated heterocycles. The average molecular weight is 1400 g/mol. The first kappa shape index (κ1) is 66.1. The number of anilines is 3. The fourth-order valence-corrected chi connectivity index (χ4v) is 20.0. The molecule has 0 radical (unpaired) electrons. The van der Waals surface area contributed by atoms with Gasteiger partial charge < -0.3 is 45.3 Å². The van der Waals surface area contributed by atoms with Gasteiger partial charge in [-0.15, -0.1) is 0 Å². The minimum Gasteiger partial charge on any atom is -0.476 e. The van der Waals surface area contributed by atoms with E-state index in [1.54, 1.807) is 14.0 Å². The van der Waals surface area contributed by atoms with Crippen LogP contribution in [-0.4, -0.2) is 156 Å². The predicted octanol–water partition coefficient (Wildman–Crippen LogP) is 5.94. The van der Waals surface area contributed by atoms with E-state index in [2.05, 4.69) is 86.8 Å². The van der Waals surface area contributed by atoms with Gasteiger partial charge in [-0.05, 0) is 215 Å². The van der Waals surface area contributed by atoms with Crippen LogP contribution in [-0.2, 0) is 133 Å².